The maximum Gasteiger partial charge on any atom is 0.233 e. The van der Waals surface area contributed by atoms with Gasteiger partial charge in [0.15, 0.2) is 5.82 Å². The molecule has 0 N–H and O–H groups in total. The molecule has 0 bridgehead atoms. The zero-order valence-corrected chi connectivity index (χ0v) is 15.7. The lowest BCUT2D eigenvalue weighted by Gasteiger charge is -2.37. The third kappa shape index (κ3) is 5.16. The second-order valence-electron chi connectivity index (χ2n) is 7.65. The molecular weight excluding hydrogens is 342 g/mol. The minimum absolute atomic E-state index is 0.178. The number of benzene rings is 1. The van der Waals surface area contributed by atoms with E-state index in [1.165, 1.54) is 18.4 Å². The molecule has 0 unspecified atom stereocenters. The summed E-state index contributed by atoms with van der Waals surface area (Å²) in [5, 5.41) is 4.03. The van der Waals surface area contributed by atoms with Crippen LogP contribution >= 0.6 is 0 Å². The Balaban J connectivity index is 1.13. The van der Waals surface area contributed by atoms with E-state index in [2.05, 4.69) is 22.3 Å². The summed E-state index contributed by atoms with van der Waals surface area (Å²) < 4.78 is 11.0. The van der Waals surface area contributed by atoms with Crippen LogP contribution in [0.25, 0.3) is 0 Å². The van der Waals surface area contributed by atoms with Crippen LogP contribution in [0.15, 0.2) is 34.9 Å². The number of aryl methyl sites for hydroxylation is 1. The lowest BCUT2D eigenvalue weighted by molar-refractivity contribution is -0.136. The van der Waals surface area contributed by atoms with Crippen molar-refractivity contribution in [3.8, 4) is 0 Å². The maximum absolute atomic E-state index is 12.3. The van der Waals surface area contributed by atoms with Gasteiger partial charge in [-0.25, -0.2) is 0 Å². The molecule has 0 radical (unpaired) electrons. The summed E-state index contributed by atoms with van der Waals surface area (Å²) in [4.78, 5) is 18.6. The van der Waals surface area contributed by atoms with Gasteiger partial charge >= 0.3 is 0 Å². The van der Waals surface area contributed by atoms with Gasteiger partial charge in [-0.15, -0.1) is 0 Å². The van der Waals surface area contributed by atoms with Gasteiger partial charge < -0.3 is 14.2 Å². The van der Waals surface area contributed by atoms with E-state index in [4.69, 9.17) is 9.26 Å². The SMILES string of the molecule is O=C(CCCc1ccccc1)N1CC(c2nc(CCOCC3CC3)no2)C1. The second kappa shape index (κ2) is 8.65. The van der Waals surface area contributed by atoms with Crippen LogP contribution in [-0.4, -0.2) is 47.3 Å². The predicted octanol–water partition coefficient (Wildman–Crippen LogP) is 2.99. The van der Waals surface area contributed by atoms with Gasteiger partial charge in [0.05, 0.1) is 12.5 Å². The number of rotatable bonds is 10. The predicted molar refractivity (Wildman–Crippen MR) is 100 cm³/mol. The average Bonchev–Trinajstić information content (AvgIpc) is 3.36. The summed E-state index contributed by atoms with van der Waals surface area (Å²) in [5.41, 5.74) is 1.28. The summed E-state index contributed by atoms with van der Waals surface area (Å²) in [6, 6.07) is 10.3. The Morgan fingerprint density at radius 2 is 2.00 bits per heavy atom. The smallest absolute Gasteiger partial charge is 0.233 e. The first-order valence-electron chi connectivity index (χ1n) is 10.00. The minimum atomic E-state index is 0.178. The van der Waals surface area contributed by atoms with Crippen molar-refractivity contribution in [3.05, 3.63) is 47.6 Å². The molecular formula is C21H27N3O3. The summed E-state index contributed by atoms with van der Waals surface area (Å²) in [6.07, 6.45) is 5.71. The van der Waals surface area contributed by atoms with Crippen molar-refractivity contribution in [1.29, 1.82) is 0 Å². The third-order valence-corrected chi connectivity index (χ3v) is 5.29. The van der Waals surface area contributed by atoms with Crippen molar-refractivity contribution >= 4 is 5.91 Å². The van der Waals surface area contributed by atoms with E-state index in [9.17, 15) is 4.79 Å². The van der Waals surface area contributed by atoms with Crippen LogP contribution in [0.5, 0.6) is 0 Å². The summed E-state index contributed by atoms with van der Waals surface area (Å²) >= 11 is 0. The fraction of sp³-hybridized carbons (Fsp3) is 0.571. The molecule has 2 aromatic rings. The van der Waals surface area contributed by atoms with Crippen molar-refractivity contribution in [2.75, 3.05) is 26.3 Å². The number of likely N-dealkylation sites (tertiary alicyclic amines) is 1. The first-order valence-corrected chi connectivity index (χ1v) is 10.00. The highest BCUT2D eigenvalue weighted by molar-refractivity contribution is 5.77. The minimum Gasteiger partial charge on any atom is -0.381 e. The molecule has 6 nitrogen and oxygen atoms in total. The summed E-state index contributed by atoms with van der Waals surface area (Å²) in [5.74, 6) is 2.53. The lowest BCUT2D eigenvalue weighted by Crippen LogP contribution is -2.48. The highest BCUT2D eigenvalue weighted by atomic mass is 16.5. The Kier molecular flexibility index (Phi) is 5.82. The number of carbonyl (C=O) groups excluding carboxylic acids is 1. The Labute approximate surface area is 159 Å². The number of hydrogen-bond acceptors (Lipinski definition) is 5. The lowest BCUT2D eigenvalue weighted by atomic mass is 9.99. The summed E-state index contributed by atoms with van der Waals surface area (Å²) in [7, 11) is 0. The molecule has 6 heteroatoms. The first kappa shape index (κ1) is 18.2. The van der Waals surface area contributed by atoms with Crippen molar-refractivity contribution < 1.29 is 14.1 Å². The highest BCUT2D eigenvalue weighted by Crippen LogP contribution is 2.29. The number of hydrogen-bond donors (Lipinski definition) is 0. The maximum atomic E-state index is 12.3. The quantitative estimate of drug-likeness (QED) is 0.602. The van der Waals surface area contributed by atoms with Gasteiger partial charge in [0.25, 0.3) is 0 Å². The number of carbonyl (C=O) groups is 1. The molecule has 0 atom stereocenters. The zero-order valence-electron chi connectivity index (χ0n) is 15.7. The molecule has 2 aliphatic rings. The average molecular weight is 369 g/mol. The van der Waals surface area contributed by atoms with Gasteiger partial charge in [0.1, 0.15) is 0 Å². The second-order valence-corrected chi connectivity index (χ2v) is 7.65. The van der Waals surface area contributed by atoms with Gasteiger partial charge in [0.2, 0.25) is 11.8 Å². The van der Waals surface area contributed by atoms with Gasteiger partial charge in [-0.1, -0.05) is 35.5 Å². The van der Waals surface area contributed by atoms with Crippen molar-refractivity contribution in [2.45, 2.75) is 44.4 Å². The molecule has 1 aromatic carbocycles. The fourth-order valence-corrected chi connectivity index (χ4v) is 3.32. The van der Waals surface area contributed by atoms with E-state index < -0.39 is 0 Å². The van der Waals surface area contributed by atoms with Crippen LogP contribution in [0, 0.1) is 5.92 Å². The fourth-order valence-electron chi connectivity index (χ4n) is 3.32. The Bertz CT molecular complexity index is 736. The van der Waals surface area contributed by atoms with Crippen LogP contribution in [0.4, 0.5) is 0 Å². The molecule has 27 heavy (non-hydrogen) atoms. The van der Waals surface area contributed by atoms with E-state index in [-0.39, 0.29) is 11.8 Å². The molecule has 1 saturated carbocycles. The van der Waals surface area contributed by atoms with E-state index in [0.29, 0.717) is 44.3 Å². The largest absolute Gasteiger partial charge is 0.381 e. The molecule has 0 spiro atoms. The molecule has 4 rings (SSSR count). The molecule has 2 fully saturated rings. The van der Waals surface area contributed by atoms with Crippen LogP contribution in [0.3, 0.4) is 0 Å². The van der Waals surface area contributed by atoms with E-state index in [0.717, 1.165) is 25.4 Å². The Hall–Kier alpha value is -2.21. The molecule has 1 saturated heterocycles. The van der Waals surface area contributed by atoms with Crippen LogP contribution in [0.1, 0.15) is 48.9 Å². The molecule has 1 amide bonds. The van der Waals surface area contributed by atoms with Gasteiger partial charge in [-0.2, -0.15) is 4.98 Å². The van der Waals surface area contributed by atoms with E-state index >= 15 is 0 Å². The Morgan fingerprint density at radius 3 is 2.78 bits per heavy atom. The van der Waals surface area contributed by atoms with Crippen LogP contribution in [-0.2, 0) is 22.4 Å². The normalized spacial score (nSPS) is 17.1. The standard InChI is InChI=1S/C21H27N3O3/c25-20(8-4-7-16-5-2-1-3-6-16)24-13-18(14-24)21-22-19(23-27-21)11-12-26-15-17-9-10-17/h1-3,5-6,17-18H,4,7-15H2. The molecule has 1 aliphatic carbocycles. The molecule has 1 aliphatic heterocycles. The summed E-state index contributed by atoms with van der Waals surface area (Å²) in [6.45, 7) is 2.87. The van der Waals surface area contributed by atoms with Gasteiger partial charge in [-0.05, 0) is 37.2 Å². The van der Waals surface area contributed by atoms with Crippen molar-refractivity contribution in [3.63, 3.8) is 0 Å². The monoisotopic (exact) mass is 369 g/mol. The van der Waals surface area contributed by atoms with Gasteiger partial charge in [-0.3, -0.25) is 4.79 Å². The third-order valence-electron chi connectivity index (χ3n) is 5.29. The van der Waals surface area contributed by atoms with E-state index in [1.54, 1.807) is 0 Å². The van der Waals surface area contributed by atoms with Gasteiger partial charge in [0, 0.05) is 32.5 Å². The van der Waals surface area contributed by atoms with Crippen LogP contribution in [0.2, 0.25) is 0 Å². The molecule has 2 heterocycles. The number of nitrogens with zero attached hydrogens (tertiary/aromatic N) is 3. The first-order chi connectivity index (χ1) is 13.3. The molecule has 1 aromatic heterocycles. The number of amides is 1. The van der Waals surface area contributed by atoms with Crippen molar-refractivity contribution in [2.24, 2.45) is 5.92 Å². The number of ether oxygens (including phenoxy) is 1. The zero-order chi connectivity index (χ0) is 18.5. The molecule has 144 valence electrons. The van der Waals surface area contributed by atoms with Crippen LogP contribution < -0.4 is 0 Å². The van der Waals surface area contributed by atoms with Crippen molar-refractivity contribution in [1.82, 2.24) is 15.0 Å². The van der Waals surface area contributed by atoms with E-state index in [1.807, 2.05) is 23.1 Å². The topological polar surface area (TPSA) is 68.5 Å². The number of aromatic nitrogens is 2. The highest BCUT2D eigenvalue weighted by Gasteiger charge is 2.35. The Morgan fingerprint density at radius 1 is 1.19 bits per heavy atom.